The van der Waals surface area contributed by atoms with Crippen molar-refractivity contribution in [1.82, 2.24) is 9.47 Å². The van der Waals surface area contributed by atoms with E-state index in [1.807, 2.05) is 20.2 Å². The van der Waals surface area contributed by atoms with Gasteiger partial charge >= 0.3 is 0 Å². The van der Waals surface area contributed by atoms with E-state index in [1.54, 1.807) is 0 Å². The van der Waals surface area contributed by atoms with Gasteiger partial charge in [0.15, 0.2) is 5.78 Å². The number of hydrogen-bond acceptors (Lipinski definition) is 2. The van der Waals surface area contributed by atoms with Gasteiger partial charge in [-0.3, -0.25) is 9.69 Å². The van der Waals surface area contributed by atoms with E-state index in [1.165, 1.54) is 16.6 Å². The van der Waals surface area contributed by atoms with Crippen LogP contribution in [-0.4, -0.2) is 20.8 Å². The molecule has 2 heterocycles. The predicted octanol–water partition coefficient (Wildman–Crippen LogP) is 3.89. The van der Waals surface area contributed by atoms with Crippen LogP contribution in [0, 0.1) is 0 Å². The molecule has 0 saturated heterocycles. The minimum Gasteiger partial charge on any atom is -0.350 e. The van der Waals surface area contributed by atoms with E-state index in [4.69, 9.17) is 0 Å². The highest BCUT2D eigenvalue weighted by molar-refractivity contribution is 6.08. The number of nitrogens with zero attached hydrogens (tertiary/aromatic N) is 2. The fourth-order valence-electron chi connectivity index (χ4n) is 3.17. The van der Waals surface area contributed by atoms with Crippen LogP contribution in [0.4, 0.5) is 0 Å². The molecule has 0 bridgehead atoms. The second-order valence-electron chi connectivity index (χ2n) is 7.10. The third kappa shape index (κ3) is 2.30. The van der Waals surface area contributed by atoms with Gasteiger partial charge in [-0.2, -0.15) is 0 Å². The summed E-state index contributed by atoms with van der Waals surface area (Å²) in [5.41, 5.74) is 4.98. The summed E-state index contributed by atoms with van der Waals surface area (Å²) >= 11 is 0. The van der Waals surface area contributed by atoms with Gasteiger partial charge in [-0.1, -0.05) is 6.92 Å². The first kappa shape index (κ1) is 14.3. The average Bonchev–Trinajstić information content (AvgIpc) is 2.97. The largest absolute Gasteiger partial charge is 0.350 e. The van der Waals surface area contributed by atoms with E-state index in [2.05, 4.69) is 42.4 Å². The van der Waals surface area contributed by atoms with Gasteiger partial charge in [0.05, 0.1) is 0 Å². The molecule has 0 unspecified atom stereocenters. The van der Waals surface area contributed by atoms with Crippen LogP contribution in [0.2, 0.25) is 0 Å². The van der Waals surface area contributed by atoms with Gasteiger partial charge in [-0.15, -0.1) is 0 Å². The lowest BCUT2D eigenvalue weighted by Crippen LogP contribution is -2.36. The van der Waals surface area contributed by atoms with Crippen molar-refractivity contribution < 1.29 is 4.79 Å². The summed E-state index contributed by atoms with van der Waals surface area (Å²) in [6.45, 7) is 10.7. The van der Waals surface area contributed by atoms with E-state index in [0.29, 0.717) is 6.42 Å². The summed E-state index contributed by atoms with van der Waals surface area (Å²) in [4.78, 5) is 14.6. The highest BCUT2D eigenvalue weighted by Crippen LogP contribution is 2.33. The number of fused-ring (bicyclic) bond motifs is 2. The molecule has 1 aliphatic rings. The molecule has 0 aliphatic carbocycles. The van der Waals surface area contributed by atoms with Crippen LogP contribution in [0.25, 0.3) is 10.9 Å². The molecule has 1 aromatic heterocycles. The SMILES string of the molecule is CCC(=O)c1cn(C)c2cc3c(cc12)CN(C(C)(C)C)C3. The molecule has 0 radical (unpaired) electrons. The van der Waals surface area contributed by atoms with Crippen LogP contribution in [-0.2, 0) is 20.1 Å². The van der Waals surface area contributed by atoms with Gasteiger partial charge in [-0.25, -0.2) is 0 Å². The third-order valence-electron chi connectivity index (χ3n) is 4.60. The summed E-state index contributed by atoms with van der Waals surface area (Å²) in [5, 5.41) is 1.11. The summed E-state index contributed by atoms with van der Waals surface area (Å²) < 4.78 is 2.08. The highest BCUT2D eigenvalue weighted by Gasteiger charge is 2.29. The van der Waals surface area contributed by atoms with Crippen LogP contribution in [0.15, 0.2) is 18.3 Å². The number of rotatable bonds is 2. The molecule has 3 heteroatoms. The normalized spacial score (nSPS) is 15.7. The Kier molecular flexibility index (Phi) is 3.21. The maximum Gasteiger partial charge on any atom is 0.164 e. The van der Waals surface area contributed by atoms with Crippen molar-refractivity contribution >= 4 is 16.7 Å². The number of ketones is 1. The van der Waals surface area contributed by atoms with Gasteiger partial charge in [0, 0.05) is 54.8 Å². The third-order valence-corrected chi connectivity index (χ3v) is 4.60. The van der Waals surface area contributed by atoms with Gasteiger partial charge in [-0.05, 0) is 44.0 Å². The summed E-state index contributed by atoms with van der Waals surface area (Å²) in [6, 6.07) is 4.50. The molecule has 0 fully saturated rings. The minimum absolute atomic E-state index is 0.174. The maximum atomic E-state index is 12.1. The zero-order chi connectivity index (χ0) is 15.4. The maximum absolute atomic E-state index is 12.1. The van der Waals surface area contributed by atoms with E-state index < -0.39 is 0 Å². The number of aryl methyl sites for hydroxylation is 1. The molecular weight excluding hydrogens is 260 g/mol. The highest BCUT2D eigenvalue weighted by atomic mass is 16.1. The molecule has 0 N–H and O–H groups in total. The average molecular weight is 284 g/mol. The van der Waals surface area contributed by atoms with Gasteiger partial charge in [0.2, 0.25) is 0 Å². The molecule has 0 spiro atoms. The monoisotopic (exact) mass is 284 g/mol. The molecule has 3 rings (SSSR count). The molecule has 112 valence electrons. The Bertz CT molecular complexity index is 719. The molecule has 1 aromatic carbocycles. The molecule has 2 aromatic rings. The van der Waals surface area contributed by atoms with E-state index in [-0.39, 0.29) is 11.3 Å². The van der Waals surface area contributed by atoms with Crippen molar-refractivity contribution in [3.8, 4) is 0 Å². The first-order chi connectivity index (χ1) is 9.81. The first-order valence-electron chi connectivity index (χ1n) is 7.70. The van der Waals surface area contributed by atoms with Crippen LogP contribution >= 0.6 is 0 Å². The Morgan fingerprint density at radius 3 is 2.38 bits per heavy atom. The smallest absolute Gasteiger partial charge is 0.164 e. The van der Waals surface area contributed by atoms with Crippen molar-refractivity contribution in [3.05, 3.63) is 35.0 Å². The summed E-state index contributed by atoms with van der Waals surface area (Å²) in [7, 11) is 2.03. The molecule has 0 atom stereocenters. The number of aromatic nitrogens is 1. The topological polar surface area (TPSA) is 25.2 Å². The lowest BCUT2D eigenvalue weighted by atomic mass is 10.0. The quantitative estimate of drug-likeness (QED) is 0.782. The van der Waals surface area contributed by atoms with Crippen LogP contribution in [0.3, 0.4) is 0 Å². The van der Waals surface area contributed by atoms with Gasteiger partial charge in [0.1, 0.15) is 0 Å². The predicted molar refractivity (Wildman–Crippen MR) is 86.5 cm³/mol. The lowest BCUT2D eigenvalue weighted by molar-refractivity contribution is 0.0989. The lowest BCUT2D eigenvalue weighted by Gasteiger charge is -2.31. The number of carbonyl (C=O) groups is 1. The second kappa shape index (κ2) is 4.70. The van der Waals surface area contributed by atoms with Gasteiger partial charge < -0.3 is 4.57 Å². The fourth-order valence-corrected chi connectivity index (χ4v) is 3.17. The Morgan fingerprint density at radius 2 is 1.81 bits per heavy atom. The summed E-state index contributed by atoms with van der Waals surface area (Å²) in [6.07, 6.45) is 2.54. The zero-order valence-electron chi connectivity index (χ0n) is 13.7. The standard InChI is InChI=1S/C18H24N2O/c1-6-17(21)15-11-19(5)16-8-13-10-20(18(2,3)4)9-12(13)7-14(15)16/h7-8,11H,6,9-10H2,1-5H3. The van der Waals surface area contributed by atoms with Crippen molar-refractivity contribution in [1.29, 1.82) is 0 Å². The Hall–Kier alpha value is -1.61. The van der Waals surface area contributed by atoms with Crippen molar-refractivity contribution in [2.45, 2.75) is 52.7 Å². The van der Waals surface area contributed by atoms with E-state index in [0.717, 1.165) is 24.0 Å². The number of hydrogen-bond donors (Lipinski definition) is 0. The van der Waals surface area contributed by atoms with Crippen molar-refractivity contribution in [3.63, 3.8) is 0 Å². The number of benzene rings is 1. The fraction of sp³-hybridized carbons (Fsp3) is 0.500. The van der Waals surface area contributed by atoms with Crippen LogP contribution in [0.1, 0.15) is 55.6 Å². The van der Waals surface area contributed by atoms with Crippen molar-refractivity contribution in [2.24, 2.45) is 7.05 Å². The Morgan fingerprint density at radius 1 is 1.19 bits per heavy atom. The molecule has 1 aliphatic heterocycles. The second-order valence-corrected chi connectivity index (χ2v) is 7.10. The number of Topliss-reactive ketones (excluding diaryl/α,β-unsaturated/α-hetero) is 1. The summed E-state index contributed by atoms with van der Waals surface area (Å²) in [5.74, 6) is 0.228. The Labute approximate surface area is 126 Å². The van der Waals surface area contributed by atoms with E-state index in [9.17, 15) is 4.79 Å². The molecule has 3 nitrogen and oxygen atoms in total. The molecular formula is C18H24N2O. The molecule has 0 saturated carbocycles. The minimum atomic E-state index is 0.174. The van der Waals surface area contributed by atoms with Crippen LogP contribution in [0.5, 0.6) is 0 Å². The Balaban J connectivity index is 2.11. The van der Waals surface area contributed by atoms with Crippen molar-refractivity contribution in [2.75, 3.05) is 0 Å². The van der Waals surface area contributed by atoms with Gasteiger partial charge in [0.25, 0.3) is 0 Å². The van der Waals surface area contributed by atoms with Crippen LogP contribution < -0.4 is 0 Å². The molecule has 21 heavy (non-hydrogen) atoms. The zero-order valence-corrected chi connectivity index (χ0v) is 13.7. The number of carbonyl (C=O) groups excluding carboxylic acids is 1. The molecule has 0 amide bonds. The first-order valence-corrected chi connectivity index (χ1v) is 7.70. The van der Waals surface area contributed by atoms with E-state index >= 15 is 0 Å².